The van der Waals surface area contributed by atoms with E-state index in [1.165, 1.54) is 44.7 Å². The molecule has 0 saturated heterocycles. The van der Waals surface area contributed by atoms with Gasteiger partial charge in [0, 0.05) is 61.0 Å². The van der Waals surface area contributed by atoms with E-state index in [1.807, 2.05) is 66.7 Å². The number of benzene rings is 8. The topological polar surface area (TPSA) is 41.6 Å². The van der Waals surface area contributed by atoms with Crippen LogP contribution in [0.4, 0.5) is 17.1 Å². The van der Waals surface area contributed by atoms with Gasteiger partial charge in [-0.25, -0.2) is 0 Å². The van der Waals surface area contributed by atoms with Crippen LogP contribution >= 0.6 is 0 Å². The molecule has 2 aromatic heterocycles. The number of anilines is 3. The number of fused-ring (bicyclic) bond motifs is 10. The molecule has 1 N–H and O–H groups in total. The van der Waals surface area contributed by atoms with Crippen LogP contribution in [0.3, 0.4) is 0 Å². The van der Waals surface area contributed by atoms with E-state index in [-0.39, 0.29) is 11.5 Å². The standard InChI is InChI=1S/C55H43NO2.C12H11N/c1-5-19-46-42(6-2)54(3,4)44-26-15-16-27-47(44)56(46)48-34-45-40(53-51(48)41-25-14-18-29-50(41)58-53)31-30-39-43(33-32-38-37-24-13-17-28-49(37)57-52(38)39)55(45,35-20-9-7-10-21-35)36-22-11-8-12-23-36;1-3-7-11(8-4-1)13-12-9-5-2-6-10-12/h5-33,48H,1,34H2,2-4H3;1-10,13H/b42-6+,46-19+;. The fourth-order valence-electron chi connectivity index (χ4n) is 12.0. The third kappa shape index (κ3) is 7.04. The summed E-state index contributed by atoms with van der Waals surface area (Å²) in [5.41, 5.74) is 17.2. The highest BCUT2D eigenvalue weighted by molar-refractivity contribution is 6.09. The first-order valence-corrected chi connectivity index (χ1v) is 24.7. The Morgan fingerprint density at radius 3 is 1.77 bits per heavy atom. The predicted octanol–water partition coefficient (Wildman–Crippen LogP) is 17.8. The molecule has 0 bridgehead atoms. The van der Waals surface area contributed by atoms with E-state index in [0.717, 1.165) is 73.3 Å². The minimum atomic E-state index is -0.723. The maximum atomic E-state index is 7.20. The second-order valence-electron chi connectivity index (χ2n) is 19.1. The highest BCUT2D eigenvalue weighted by atomic mass is 16.3. The molecule has 4 nitrogen and oxygen atoms in total. The molecule has 4 heteroatoms. The highest BCUT2D eigenvalue weighted by Crippen LogP contribution is 2.61. The third-order valence-electron chi connectivity index (χ3n) is 15.0. The summed E-state index contributed by atoms with van der Waals surface area (Å²) >= 11 is 0. The number of furan rings is 2. The number of hydrogen-bond acceptors (Lipinski definition) is 4. The normalized spacial score (nSPS) is 17.5. The molecule has 1 aliphatic heterocycles. The molecule has 2 aliphatic carbocycles. The second kappa shape index (κ2) is 17.7. The van der Waals surface area contributed by atoms with Crippen LogP contribution in [0.2, 0.25) is 0 Å². The van der Waals surface area contributed by atoms with Gasteiger partial charge in [0.2, 0.25) is 0 Å². The minimum Gasteiger partial charge on any atom is -0.456 e. The van der Waals surface area contributed by atoms with Gasteiger partial charge in [-0.3, -0.25) is 0 Å². The van der Waals surface area contributed by atoms with Crippen LogP contribution in [-0.2, 0) is 10.8 Å². The maximum Gasteiger partial charge on any atom is 0.142 e. The SMILES string of the molecule is C=C/C=C1\C(=C/C)C(C)(C)c2ccccc2N1C1CC2=C(C=Cc3c(ccc4c3oc3ccccc34)C2(c2ccccc2)c2ccccc2)c2oc3ccccc3c21.c1ccc(Nc2ccccc2)cc1. The zero-order valence-electron chi connectivity index (χ0n) is 40.3. The molecule has 8 aromatic carbocycles. The Morgan fingerprint density at radius 1 is 0.577 bits per heavy atom. The summed E-state index contributed by atoms with van der Waals surface area (Å²) in [5.74, 6) is 0.913. The van der Waals surface area contributed by atoms with E-state index >= 15 is 0 Å². The van der Waals surface area contributed by atoms with E-state index in [0.29, 0.717) is 0 Å². The van der Waals surface area contributed by atoms with E-state index in [1.54, 1.807) is 0 Å². The van der Waals surface area contributed by atoms with Gasteiger partial charge in [0.05, 0.1) is 11.5 Å². The quantitative estimate of drug-likeness (QED) is 0.180. The van der Waals surface area contributed by atoms with Gasteiger partial charge in [0.1, 0.15) is 22.5 Å². The monoisotopic (exact) mass is 918 g/mol. The Balaban J connectivity index is 0.000000345. The largest absolute Gasteiger partial charge is 0.456 e. The van der Waals surface area contributed by atoms with E-state index in [9.17, 15) is 0 Å². The molecule has 71 heavy (non-hydrogen) atoms. The fourth-order valence-corrected chi connectivity index (χ4v) is 12.0. The molecule has 0 radical (unpaired) electrons. The Morgan fingerprint density at radius 2 is 1.14 bits per heavy atom. The lowest BCUT2D eigenvalue weighted by molar-refractivity contribution is 0.526. The van der Waals surface area contributed by atoms with Gasteiger partial charge in [-0.05, 0) is 95.3 Å². The summed E-state index contributed by atoms with van der Waals surface area (Å²) in [6, 6.07) is 72.9. The molecule has 0 amide bonds. The number of hydrogen-bond donors (Lipinski definition) is 1. The van der Waals surface area contributed by atoms with E-state index < -0.39 is 5.41 Å². The average molecular weight is 919 g/mol. The molecular formula is C67H54N2O2. The first-order valence-electron chi connectivity index (χ1n) is 24.7. The first kappa shape index (κ1) is 43.7. The van der Waals surface area contributed by atoms with Crippen molar-refractivity contribution in [2.24, 2.45) is 0 Å². The number of nitrogens with one attached hydrogen (secondary N) is 1. The van der Waals surface area contributed by atoms with E-state index in [2.05, 4.69) is 207 Å². The van der Waals surface area contributed by atoms with Crippen molar-refractivity contribution in [3.8, 4) is 0 Å². The van der Waals surface area contributed by atoms with Gasteiger partial charge in [-0.15, -0.1) is 0 Å². The van der Waals surface area contributed by atoms with Gasteiger partial charge in [0.25, 0.3) is 0 Å². The summed E-state index contributed by atoms with van der Waals surface area (Å²) in [6.07, 6.45) is 11.8. The molecule has 1 atom stereocenters. The Kier molecular flexibility index (Phi) is 10.9. The van der Waals surface area contributed by atoms with Crippen molar-refractivity contribution < 1.29 is 8.83 Å². The molecule has 3 aliphatic rings. The van der Waals surface area contributed by atoms with Gasteiger partial charge in [-0.2, -0.15) is 0 Å². The lowest BCUT2D eigenvalue weighted by Crippen LogP contribution is -2.42. The van der Waals surface area contributed by atoms with Crippen LogP contribution in [0.1, 0.15) is 72.4 Å². The highest BCUT2D eigenvalue weighted by Gasteiger charge is 2.51. The molecule has 3 heterocycles. The number of nitrogens with zero attached hydrogens (tertiary/aromatic N) is 1. The van der Waals surface area contributed by atoms with Crippen LogP contribution in [-0.4, -0.2) is 0 Å². The Labute approximate surface area is 415 Å². The lowest BCUT2D eigenvalue weighted by atomic mass is 9.60. The van der Waals surface area contributed by atoms with Crippen molar-refractivity contribution in [3.63, 3.8) is 0 Å². The molecule has 0 saturated carbocycles. The van der Waals surface area contributed by atoms with Crippen molar-refractivity contribution >= 4 is 61.6 Å². The van der Waals surface area contributed by atoms with Crippen LogP contribution in [0.15, 0.2) is 263 Å². The van der Waals surface area contributed by atoms with Crippen LogP contribution in [0, 0.1) is 0 Å². The van der Waals surface area contributed by atoms with Crippen molar-refractivity contribution in [1.82, 2.24) is 0 Å². The molecule has 13 rings (SSSR count). The van der Waals surface area contributed by atoms with Crippen molar-refractivity contribution in [1.29, 1.82) is 0 Å². The van der Waals surface area contributed by atoms with E-state index in [4.69, 9.17) is 8.83 Å². The fraction of sp³-hybridized carbons (Fsp3) is 0.104. The zero-order chi connectivity index (χ0) is 48.1. The predicted molar refractivity (Wildman–Crippen MR) is 296 cm³/mol. The van der Waals surface area contributed by atoms with Gasteiger partial charge in [0.15, 0.2) is 0 Å². The third-order valence-corrected chi connectivity index (χ3v) is 15.0. The summed E-state index contributed by atoms with van der Waals surface area (Å²) in [6.45, 7) is 11.1. The Bertz CT molecular complexity index is 3680. The van der Waals surface area contributed by atoms with Crippen molar-refractivity contribution in [3.05, 3.63) is 293 Å². The van der Waals surface area contributed by atoms with Crippen molar-refractivity contribution in [2.45, 2.75) is 44.1 Å². The van der Waals surface area contributed by atoms with Crippen LogP contribution in [0.5, 0.6) is 0 Å². The van der Waals surface area contributed by atoms with Crippen LogP contribution in [0.25, 0.3) is 44.6 Å². The molecule has 0 fully saturated rings. The molecule has 1 unspecified atom stereocenters. The zero-order valence-corrected chi connectivity index (χ0v) is 40.3. The second-order valence-corrected chi connectivity index (χ2v) is 19.1. The number of allylic oxidation sites excluding steroid dienone is 6. The molecule has 0 spiro atoms. The summed E-state index contributed by atoms with van der Waals surface area (Å²) in [4.78, 5) is 2.60. The lowest BCUT2D eigenvalue weighted by Gasteiger charge is -2.50. The van der Waals surface area contributed by atoms with Crippen LogP contribution < -0.4 is 10.2 Å². The van der Waals surface area contributed by atoms with Gasteiger partial charge < -0.3 is 19.1 Å². The smallest absolute Gasteiger partial charge is 0.142 e. The van der Waals surface area contributed by atoms with Gasteiger partial charge in [-0.1, -0.05) is 209 Å². The molecular weight excluding hydrogens is 865 g/mol. The number of rotatable bonds is 6. The minimum absolute atomic E-state index is 0.132. The summed E-state index contributed by atoms with van der Waals surface area (Å²) in [5, 5.41) is 6.67. The molecule has 10 aromatic rings. The van der Waals surface area contributed by atoms with Crippen molar-refractivity contribution in [2.75, 3.05) is 10.2 Å². The first-order chi connectivity index (χ1) is 34.9. The number of para-hydroxylation sites is 5. The summed E-state index contributed by atoms with van der Waals surface area (Å²) in [7, 11) is 0. The maximum absolute atomic E-state index is 7.20. The molecule has 344 valence electrons. The average Bonchev–Trinajstić information content (AvgIpc) is 3.96. The van der Waals surface area contributed by atoms with Gasteiger partial charge >= 0.3 is 0 Å². The Hall–Kier alpha value is -8.60. The summed E-state index contributed by atoms with van der Waals surface area (Å²) < 4.78 is 14.1.